The van der Waals surface area contributed by atoms with E-state index in [0.717, 1.165) is 0 Å². The molecule has 0 amide bonds. The van der Waals surface area contributed by atoms with Crippen LogP contribution in [0.1, 0.15) is 30.6 Å². The van der Waals surface area contributed by atoms with Crippen LogP contribution in [-0.4, -0.2) is 24.2 Å². The van der Waals surface area contributed by atoms with Gasteiger partial charge in [-0.3, -0.25) is 4.79 Å². The molecule has 0 aliphatic rings. The van der Waals surface area contributed by atoms with E-state index in [2.05, 4.69) is 0 Å². The van der Waals surface area contributed by atoms with Crippen LogP contribution in [0.5, 0.6) is 11.5 Å². The first-order valence-electron chi connectivity index (χ1n) is 5.56. The molecule has 0 bridgehead atoms. The molecular weight excluding hydrogens is 236 g/mol. The molecule has 1 rings (SSSR count). The summed E-state index contributed by atoms with van der Waals surface area (Å²) in [5.41, 5.74) is 0.0792. The maximum atomic E-state index is 11.5. The minimum Gasteiger partial charge on any atom is -0.493 e. The summed E-state index contributed by atoms with van der Waals surface area (Å²) >= 11 is 0. The van der Waals surface area contributed by atoms with Crippen molar-refractivity contribution >= 4 is 11.9 Å². The van der Waals surface area contributed by atoms with Gasteiger partial charge in [0.15, 0.2) is 11.5 Å². The van der Waals surface area contributed by atoms with Gasteiger partial charge in [0, 0.05) is 6.42 Å². The maximum absolute atomic E-state index is 11.5. The van der Waals surface area contributed by atoms with E-state index in [-0.39, 0.29) is 28.9 Å². The van der Waals surface area contributed by atoms with E-state index in [1.165, 1.54) is 25.3 Å². The molecule has 0 spiro atoms. The van der Waals surface area contributed by atoms with Crippen LogP contribution >= 0.6 is 0 Å². The van der Waals surface area contributed by atoms with Gasteiger partial charge in [0.1, 0.15) is 0 Å². The van der Waals surface area contributed by atoms with E-state index in [1.807, 2.05) is 13.8 Å². The van der Waals surface area contributed by atoms with Crippen molar-refractivity contribution in [1.82, 2.24) is 0 Å². The van der Waals surface area contributed by atoms with Crippen LogP contribution in [0, 0.1) is 5.92 Å². The van der Waals surface area contributed by atoms with Crippen molar-refractivity contribution < 1.29 is 24.2 Å². The van der Waals surface area contributed by atoms with Crippen LogP contribution in [0.25, 0.3) is 0 Å². The molecule has 1 aromatic rings. The number of hydrogen-bond donors (Lipinski definition) is 1. The third kappa shape index (κ3) is 3.76. The largest absolute Gasteiger partial charge is 0.493 e. The maximum Gasteiger partial charge on any atom is 0.335 e. The van der Waals surface area contributed by atoms with Crippen molar-refractivity contribution in [2.75, 3.05) is 7.11 Å². The first-order chi connectivity index (χ1) is 8.43. The van der Waals surface area contributed by atoms with Crippen LogP contribution in [0.4, 0.5) is 0 Å². The molecule has 5 heteroatoms. The number of carboxylic acids is 1. The Kier molecular flexibility index (Phi) is 4.71. The van der Waals surface area contributed by atoms with Crippen molar-refractivity contribution in [2.24, 2.45) is 5.92 Å². The van der Waals surface area contributed by atoms with Crippen molar-refractivity contribution in [2.45, 2.75) is 20.3 Å². The van der Waals surface area contributed by atoms with Crippen molar-refractivity contribution in [3.8, 4) is 11.5 Å². The molecule has 0 saturated heterocycles. The molecule has 1 aromatic carbocycles. The molecule has 0 aromatic heterocycles. The molecule has 0 aliphatic carbocycles. The predicted molar refractivity (Wildman–Crippen MR) is 65.0 cm³/mol. The summed E-state index contributed by atoms with van der Waals surface area (Å²) < 4.78 is 10.1. The third-order valence-corrected chi connectivity index (χ3v) is 2.21. The van der Waals surface area contributed by atoms with Crippen molar-refractivity contribution in [3.05, 3.63) is 23.8 Å². The molecule has 0 radical (unpaired) electrons. The Bertz CT molecular complexity index is 451. The van der Waals surface area contributed by atoms with Crippen LogP contribution in [-0.2, 0) is 4.79 Å². The van der Waals surface area contributed by atoms with E-state index >= 15 is 0 Å². The number of ether oxygens (including phenoxy) is 2. The monoisotopic (exact) mass is 252 g/mol. The number of carbonyl (C=O) groups excluding carboxylic acids is 1. The number of hydrogen-bond acceptors (Lipinski definition) is 4. The highest BCUT2D eigenvalue weighted by Gasteiger charge is 2.14. The van der Waals surface area contributed by atoms with Gasteiger partial charge in [0.25, 0.3) is 0 Å². The Hall–Kier alpha value is -2.04. The van der Waals surface area contributed by atoms with Gasteiger partial charge < -0.3 is 14.6 Å². The molecule has 98 valence electrons. The molecule has 5 nitrogen and oxygen atoms in total. The quantitative estimate of drug-likeness (QED) is 0.643. The summed E-state index contributed by atoms with van der Waals surface area (Å²) in [5, 5.41) is 8.83. The summed E-state index contributed by atoms with van der Waals surface area (Å²) in [7, 11) is 1.39. The zero-order chi connectivity index (χ0) is 13.7. The Morgan fingerprint density at radius 2 is 1.94 bits per heavy atom. The smallest absolute Gasteiger partial charge is 0.335 e. The summed E-state index contributed by atoms with van der Waals surface area (Å²) in [6.45, 7) is 3.82. The highest BCUT2D eigenvalue weighted by Crippen LogP contribution is 2.28. The second-order valence-corrected chi connectivity index (χ2v) is 4.24. The van der Waals surface area contributed by atoms with Crippen LogP contribution in [0.2, 0.25) is 0 Å². The molecule has 0 unspecified atom stereocenters. The van der Waals surface area contributed by atoms with E-state index in [4.69, 9.17) is 14.6 Å². The fourth-order valence-corrected chi connectivity index (χ4v) is 1.38. The van der Waals surface area contributed by atoms with Gasteiger partial charge in [0.05, 0.1) is 12.7 Å². The van der Waals surface area contributed by atoms with Gasteiger partial charge in [-0.25, -0.2) is 4.79 Å². The predicted octanol–water partition coefficient (Wildman–Crippen LogP) is 2.34. The topological polar surface area (TPSA) is 72.8 Å². The first-order valence-corrected chi connectivity index (χ1v) is 5.56. The van der Waals surface area contributed by atoms with Gasteiger partial charge in [-0.1, -0.05) is 13.8 Å². The van der Waals surface area contributed by atoms with Gasteiger partial charge in [-0.05, 0) is 24.1 Å². The molecule has 0 aliphatic heterocycles. The van der Waals surface area contributed by atoms with Crippen LogP contribution in [0.3, 0.4) is 0 Å². The highest BCUT2D eigenvalue weighted by atomic mass is 16.6. The normalized spacial score (nSPS) is 10.2. The highest BCUT2D eigenvalue weighted by molar-refractivity contribution is 5.88. The summed E-state index contributed by atoms with van der Waals surface area (Å²) in [5.74, 6) is -0.776. The second kappa shape index (κ2) is 6.05. The third-order valence-electron chi connectivity index (χ3n) is 2.21. The minimum atomic E-state index is -1.06. The summed E-state index contributed by atoms with van der Waals surface area (Å²) in [6.07, 6.45) is 0.295. The van der Waals surface area contributed by atoms with E-state index in [9.17, 15) is 9.59 Å². The number of rotatable bonds is 5. The standard InChI is InChI=1S/C13H16O5/c1-8(2)6-12(14)18-10-5-4-9(13(15)16)7-11(10)17-3/h4-5,7-8H,6H2,1-3H3,(H,15,16). The molecule has 18 heavy (non-hydrogen) atoms. The Morgan fingerprint density at radius 3 is 2.44 bits per heavy atom. The van der Waals surface area contributed by atoms with Crippen molar-refractivity contribution in [1.29, 1.82) is 0 Å². The molecule has 0 saturated carbocycles. The lowest BCUT2D eigenvalue weighted by Crippen LogP contribution is -2.11. The van der Waals surface area contributed by atoms with Crippen LogP contribution < -0.4 is 9.47 Å². The summed E-state index contributed by atoms with van der Waals surface area (Å²) in [6, 6.07) is 4.10. The fourth-order valence-electron chi connectivity index (χ4n) is 1.38. The first kappa shape index (κ1) is 14.0. The number of methoxy groups -OCH3 is 1. The second-order valence-electron chi connectivity index (χ2n) is 4.24. The SMILES string of the molecule is COc1cc(C(=O)O)ccc1OC(=O)CC(C)C. The average molecular weight is 252 g/mol. The zero-order valence-electron chi connectivity index (χ0n) is 10.6. The summed E-state index contributed by atoms with van der Waals surface area (Å²) in [4.78, 5) is 22.3. The van der Waals surface area contributed by atoms with E-state index < -0.39 is 5.97 Å². The van der Waals surface area contributed by atoms with Crippen LogP contribution in [0.15, 0.2) is 18.2 Å². The van der Waals surface area contributed by atoms with Crippen molar-refractivity contribution in [3.63, 3.8) is 0 Å². The lowest BCUT2D eigenvalue weighted by atomic mass is 10.1. The zero-order valence-corrected chi connectivity index (χ0v) is 10.6. The lowest BCUT2D eigenvalue weighted by Gasteiger charge is -2.10. The van der Waals surface area contributed by atoms with Gasteiger partial charge in [-0.15, -0.1) is 0 Å². The Labute approximate surface area is 105 Å². The Balaban J connectivity index is 2.89. The number of carbonyl (C=O) groups is 2. The molecule has 1 N–H and O–H groups in total. The van der Waals surface area contributed by atoms with E-state index in [1.54, 1.807) is 0 Å². The van der Waals surface area contributed by atoms with Gasteiger partial charge in [0.2, 0.25) is 0 Å². The molecule has 0 heterocycles. The average Bonchev–Trinajstić information content (AvgIpc) is 2.27. The van der Waals surface area contributed by atoms with Gasteiger partial charge in [-0.2, -0.15) is 0 Å². The lowest BCUT2D eigenvalue weighted by molar-refractivity contribution is -0.135. The number of aromatic carboxylic acids is 1. The number of benzene rings is 1. The minimum absolute atomic E-state index is 0.0792. The number of carboxylic acid groups (broad SMARTS) is 1. The number of esters is 1. The van der Waals surface area contributed by atoms with E-state index in [0.29, 0.717) is 6.42 Å². The molecule has 0 fully saturated rings. The Morgan fingerprint density at radius 1 is 1.28 bits per heavy atom. The molecular formula is C13H16O5. The van der Waals surface area contributed by atoms with Gasteiger partial charge >= 0.3 is 11.9 Å². The molecule has 0 atom stereocenters. The fraction of sp³-hybridized carbons (Fsp3) is 0.385.